The lowest BCUT2D eigenvalue weighted by Gasteiger charge is -2.35. The number of hydrogen-bond donors (Lipinski definition) is 0. The average molecular weight is 477 g/mol. The number of aryl methyl sites for hydroxylation is 1. The second kappa shape index (κ2) is 8.17. The number of halogens is 1. The van der Waals surface area contributed by atoms with Crippen LogP contribution in [-0.2, 0) is 0 Å². The molecular weight excluding hydrogens is 455 g/mol. The Morgan fingerprint density at radius 3 is 2.41 bits per heavy atom. The third-order valence-corrected chi connectivity index (χ3v) is 8.42. The standard InChI is InChI=1S/C21H22BrN2O4P/c1-15-12-13-20(27-15)29(21(2,3)4,28-17-9-7-8-16(22)14-17)23-18-10-5-6-11-19(18)24(25)26/h5-14H,1-4H3/t29-/m1/s1. The van der Waals surface area contributed by atoms with Gasteiger partial charge in [0.05, 0.1) is 4.92 Å². The summed E-state index contributed by atoms with van der Waals surface area (Å²) >= 11 is 3.47. The molecule has 0 saturated heterocycles. The maximum absolute atomic E-state index is 11.6. The summed E-state index contributed by atoms with van der Waals surface area (Å²) in [6.45, 7) is 7.88. The predicted octanol–water partition coefficient (Wildman–Crippen LogP) is 7.21. The van der Waals surface area contributed by atoms with Crippen LogP contribution in [0.2, 0.25) is 0 Å². The van der Waals surface area contributed by atoms with Crippen molar-refractivity contribution in [2.75, 3.05) is 0 Å². The van der Waals surface area contributed by atoms with Crippen molar-refractivity contribution in [2.24, 2.45) is 4.74 Å². The Morgan fingerprint density at radius 2 is 1.83 bits per heavy atom. The van der Waals surface area contributed by atoms with Gasteiger partial charge in [-0.2, -0.15) is 0 Å². The minimum Gasteiger partial charge on any atom is -0.457 e. The molecule has 8 heteroatoms. The smallest absolute Gasteiger partial charge is 0.294 e. The van der Waals surface area contributed by atoms with Crippen molar-refractivity contribution in [3.8, 4) is 5.75 Å². The van der Waals surface area contributed by atoms with E-state index in [0.717, 1.165) is 10.2 Å². The minimum absolute atomic E-state index is 0.0674. The van der Waals surface area contributed by atoms with Crippen molar-refractivity contribution >= 4 is 40.1 Å². The zero-order valence-electron chi connectivity index (χ0n) is 16.6. The van der Waals surface area contributed by atoms with Gasteiger partial charge in [-0.05, 0) is 43.3 Å². The molecule has 0 spiro atoms. The molecule has 0 unspecified atom stereocenters. The van der Waals surface area contributed by atoms with Gasteiger partial charge >= 0.3 is 0 Å². The van der Waals surface area contributed by atoms with E-state index >= 15 is 0 Å². The van der Waals surface area contributed by atoms with Crippen LogP contribution < -0.4 is 10.0 Å². The van der Waals surface area contributed by atoms with E-state index in [9.17, 15) is 10.1 Å². The van der Waals surface area contributed by atoms with Gasteiger partial charge in [0.15, 0.2) is 5.50 Å². The van der Waals surface area contributed by atoms with Gasteiger partial charge in [-0.15, -0.1) is 0 Å². The molecule has 0 N–H and O–H groups in total. The number of nitro groups is 1. The molecule has 3 aromatic rings. The maximum atomic E-state index is 11.6. The molecule has 6 nitrogen and oxygen atoms in total. The molecule has 1 heterocycles. The fraction of sp³-hybridized carbons (Fsp3) is 0.238. The van der Waals surface area contributed by atoms with Gasteiger partial charge in [-0.1, -0.05) is 54.9 Å². The van der Waals surface area contributed by atoms with Crippen LogP contribution in [0.4, 0.5) is 11.4 Å². The molecule has 2 aromatic carbocycles. The molecule has 0 amide bonds. The first-order chi connectivity index (χ1) is 13.6. The van der Waals surface area contributed by atoms with E-state index in [0.29, 0.717) is 11.3 Å². The summed E-state index contributed by atoms with van der Waals surface area (Å²) in [6.07, 6.45) is 0. The fourth-order valence-electron chi connectivity index (χ4n) is 2.85. The quantitative estimate of drug-likeness (QED) is 0.221. The second-order valence-corrected chi connectivity index (χ2v) is 11.8. The largest absolute Gasteiger partial charge is 0.457 e. The first kappa shape index (κ1) is 21.3. The Balaban J connectivity index is 2.35. The van der Waals surface area contributed by atoms with Crippen molar-refractivity contribution < 1.29 is 13.9 Å². The van der Waals surface area contributed by atoms with E-state index in [-0.39, 0.29) is 11.4 Å². The summed E-state index contributed by atoms with van der Waals surface area (Å²) in [5.41, 5.74) is 0.785. The van der Waals surface area contributed by atoms with Gasteiger partial charge in [0.25, 0.3) is 5.69 Å². The van der Waals surface area contributed by atoms with E-state index in [4.69, 9.17) is 13.7 Å². The lowest BCUT2D eigenvalue weighted by atomic mass is 10.3. The van der Waals surface area contributed by atoms with Crippen molar-refractivity contribution in [2.45, 2.75) is 32.9 Å². The van der Waals surface area contributed by atoms with Crippen LogP contribution >= 0.6 is 23.2 Å². The Labute approximate surface area is 178 Å². The van der Waals surface area contributed by atoms with E-state index in [1.807, 2.05) is 64.1 Å². The lowest BCUT2D eigenvalue weighted by Crippen LogP contribution is -2.26. The van der Waals surface area contributed by atoms with E-state index < -0.39 is 17.4 Å². The SMILES string of the molecule is Cc1ccc([P@@](=Nc2ccccc2[N+](=O)[O-])(Oc2cccc(Br)c2)C(C)(C)C)o1. The number of rotatable bonds is 5. The minimum atomic E-state index is -2.91. The molecule has 0 aliphatic heterocycles. The number of para-hydroxylation sites is 1. The highest BCUT2D eigenvalue weighted by molar-refractivity contribution is 9.10. The first-order valence-electron chi connectivity index (χ1n) is 9.00. The molecule has 0 saturated carbocycles. The van der Waals surface area contributed by atoms with Gasteiger partial charge in [0.1, 0.15) is 17.2 Å². The summed E-state index contributed by atoms with van der Waals surface area (Å²) in [6, 6.07) is 17.6. The third kappa shape index (κ3) is 4.46. The summed E-state index contributed by atoms with van der Waals surface area (Å²) < 4.78 is 18.4. The Bertz CT molecular complexity index is 1100. The van der Waals surface area contributed by atoms with Crippen LogP contribution in [0.15, 0.2) is 74.3 Å². The Kier molecular flexibility index (Phi) is 6.01. The van der Waals surface area contributed by atoms with Crippen molar-refractivity contribution in [3.05, 3.63) is 81.0 Å². The van der Waals surface area contributed by atoms with Crippen molar-refractivity contribution in [3.63, 3.8) is 0 Å². The van der Waals surface area contributed by atoms with Crippen LogP contribution in [0.5, 0.6) is 5.75 Å². The van der Waals surface area contributed by atoms with Crippen molar-refractivity contribution in [1.82, 2.24) is 0 Å². The number of hydrogen-bond acceptors (Lipinski definition) is 5. The maximum Gasteiger partial charge on any atom is 0.294 e. The molecule has 0 aliphatic rings. The van der Waals surface area contributed by atoms with Crippen LogP contribution in [0.1, 0.15) is 26.5 Å². The molecule has 0 radical (unpaired) electrons. The highest BCUT2D eigenvalue weighted by Crippen LogP contribution is 2.62. The number of furan rings is 1. The van der Waals surface area contributed by atoms with Gasteiger partial charge in [-0.25, -0.2) is 4.74 Å². The summed E-state index contributed by atoms with van der Waals surface area (Å²) in [5, 5.41) is 11.1. The average Bonchev–Trinajstić information content (AvgIpc) is 3.07. The third-order valence-electron chi connectivity index (χ3n) is 4.29. The number of nitrogens with zero attached hydrogens (tertiary/aromatic N) is 2. The molecule has 1 atom stereocenters. The Morgan fingerprint density at radius 1 is 1.10 bits per heavy atom. The fourth-order valence-corrected chi connectivity index (χ4v) is 6.13. The van der Waals surface area contributed by atoms with Gasteiger partial charge in [0.2, 0.25) is 7.28 Å². The van der Waals surface area contributed by atoms with Gasteiger partial charge in [-0.3, -0.25) is 10.1 Å². The normalized spacial score (nSPS) is 13.6. The van der Waals surface area contributed by atoms with E-state index in [1.165, 1.54) is 6.07 Å². The van der Waals surface area contributed by atoms with E-state index in [1.54, 1.807) is 18.2 Å². The second-order valence-electron chi connectivity index (χ2n) is 7.53. The summed E-state index contributed by atoms with van der Waals surface area (Å²) in [5.74, 6) is 1.34. The Hall–Kier alpha value is -2.37. The highest BCUT2D eigenvalue weighted by atomic mass is 79.9. The number of nitro benzene ring substituents is 1. The van der Waals surface area contributed by atoms with Crippen LogP contribution in [0.25, 0.3) is 0 Å². The molecule has 0 fully saturated rings. The zero-order valence-corrected chi connectivity index (χ0v) is 19.1. The lowest BCUT2D eigenvalue weighted by molar-refractivity contribution is -0.384. The van der Waals surface area contributed by atoms with Gasteiger partial charge < -0.3 is 8.94 Å². The van der Waals surface area contributed by atoms with Gasteiger partial charge in [0, 0.05) is 15.7 Å². The van der Waals surface area contributed by atoms with Crippen LogP contribution in [0, 0.1) is 17.0 Å². The van der Waals surface area contributed by atoms with E-state index in [2.05, 4.69) is 15.9 Å². The molecule has 152 valence electrons. The summed E-state index contributed by atoms with van der Waals surface area (Å²) in [7, 11) is -2.91. The monoisotopic (exact) mass is 476 g/mol. The zero-order chi connectivity index (χ0) is 21.2. The molecule has 29 heavy (non-hydrogen) atoms. The molecule has 0 bridgehead atoms. The molecule has 0 aliphatic carbocycles. The highest BCUT2D eigenvalue weighted by Gasteiger charge is 2.42. The van der Waals surface area contributed by atoms with Crippen LogP contribution in [-0.4, -0.2) is 10.1 Å². The van der Waals surface area contributed by atoms with Crippen LogP contribution in [0.3, 0.4) is 0 Å². The molecular formula is C21H22BrN2O4P. The predicted molar refractivity (Wildman–Crippen MR) is 120 cm³/mol. The first-order valence-corrected chi connectivity index (χ1v) is 11.5. The number of benzene rings is 2. The van der Waals surface area contributed by atoms with Crippen molar-refractivity contribution in [1.29, 1.82) is 0 Å². The molecule has 1 aromatic heterocycles. The summed E-state index contributed by atoms with van der Waals surface area (Å²) in [4.78, 5) is 11.2. The molecule has 3 rings (SSSR count). The topological polar surface area (TPSA) is 77.9 Å².